The second-order valence-corrected chi connectivity index (χ2v) is 5.46. The average molecular weight is 335 g/mol. The molecule has 0 heterocycles. The second-order valence-electron chi connectivity index (χ2n) is 4.61. The zero-order valence-corrected chi connectivity index (χ0v) is 12.7. The lowest BCUT2D eigenvalue weighted by molar-refractivity contribution is -0.136. The molecular weight excluding hydrogens is 320 g/mol. The fourth-order valence-corrected chi connectivity index (χ4v) is 2.42. The predicted octanol–water partition coefficient (Wildman–Crippen LogP) is 3.96. The molecule has 2 rings (SSSR count). The molecule has 0 aliphatic heterocycles. The molecule has 104 valence electrons. The zero-order chi connectivity index (χ0) is 14.5. The Balaban J connectivity index is 1.98. The van der Waals surface area contributed by atoms with Crippen LogP contribution < -0.4 is 4.74 Å². The van der Waals surface area contributed by atoms with Crippen molar-refractivity contribution >= 4 is 21.9 Å². The van der Waals surface area contributed by atoms with Crippen molar-refractivity contribution in [1.29, 1.82) is 0 Å². The van der Waals surface area contributed by atoms with E-state index < -0.39 is 5.97 Å². The van der Waals surface area contributed by atoms with E-state index in [1.165, 1.54) is 5.56 Å². The summed E-state index contributed by atoms with van der Waals surface area (Å²) in [6, 6.07) is 13.3. The topological polar surface area (TPSA) is 46.5 Å². The van der Waals surface area contributed by atoms with Gasteiger partial charge in [0.25, 0.3) is 0 Å². The molecule has 0 amide bonds. The molecule has 4 heteroatoms. The largest absolute Gasteiger partial charge is 0.488 e. The van der Waals surface area contributed by atoms with E-state index in [0.717, 1.165) is 21.3 Å². The maximum atomic E-state index is 10.6. The van der Waals surface area contributed by atoms with Gasteiger partial charge in [-0.1, -0.05) is 30.3 Å². The number of carboxylic acids is 1. The number of benzene rings is 2. The first kappa shape index (κ1) is 14.6. The summed E-state index contributed by atoms with van der Waals surface area (Å²) in [5, 5.41) is 8.71. The molecule has 0 radical (unpaired) electrons. The number of hydrogen-bond acceptors (Lipinski definition) is 2. The number of aliphatic carboxylic acids is 1. The van der Waals surface area contributed by atoms with E-state index >= 15 is 0 Å². The van der Waals surface area contributed by atoms with Crippen LogP contribution in [0.5, 0.6) is 5.75 Å². The lowest BCUT2D eigenvalue weighted by Crippen LogP contribution is -2.01. The summed E-state index contributed by atoms with van der Waals surface area (Å²) in [5.74, 6) is -0.0252. The van der Waals surface area contributed by atoms with Crippen LogP contribution in [0, 0.1) is 6.92 Å². The molecule has 0 aliphatic rings. The minimum atomic E-state index is -0.822. The summed E-state index contributed by atoms with van der Waals surface area (Å²) in [6.45, 7) is 2.48. The average Bonchev–Trinajstić information content (AvgIpc) is 2.39. The first-order chi connectivity index (χ1) is 9.54. The molecule has 0 saturated heterocycles. The van der Waals surface area contributed by atoms with Gasteiger partial charge in [0.2, 0.25) is 0 Å². The maximum Gasteiger partial charge on any atom is 0.307 e. The van der Waals surface area contributed by atoms with Gasteiger partial charge in [-0.2, -0.15) is 0 Å². The first-order valence-corrected chi connectivity index (χ1v) is 7.02. The Morgan fingerprint density at radius 3 is 2.40 bits per heavy atom. The van der Waals surface area contributed by atoms with Crippen molar-refractivity contribution in [1.82, 2.24) is 0 Å². The Hall–Kier alpha value is -1.81. The molecule has 3 nitrogen and oxygen atoms in total. The summed E-state index contributed by atoms with van der Waals surface area (Å²) in [6.07, 6.45) is 0.0463. The summed E-state index contributed by atoms with van der Waals surface area (Å²) >= 11 is 3.47. The normalized spacial score (nSPS) is 10.3. The molecule has 0 bridgehead atoms. The standard InChI is InChI=1S/C16H15BrO3/c1-11-2-7-15(14(17)8-11)20-10-13-5-3-12(4-6-13)9-16(18)19/h2-8H,9-10H2,1H3,(H,18,19). The zero-order valence-electron chi connectivity index (χ0n) is 11.1. The van der Waals surface area contributed by atoms with Crippen molar-refractivity contribution in [2.24, 2.45) is 0 Å². The fraction of sp³-hybridized carbons (Fsp3) is 0.188. The molecule has 0 aromatic heterocycles. The van der Waals surface area contributed by atoms with Crippen LogP contribution in [0.4, 0.5) is 0 Å². The number of halogens is 1. The second kappa shape index (κ2) is 6.57. The van der Waals surface area contributed by atoms with E-state index in [-0.39, 0.29) is 6.42 Å². The Morgan fingerprint density at radius 1 is 1.15 bits per heavy atom. The highest BCUT2D eigenvalue weighted by molar-refractivity contribution is 9.10. The number of ether oxygens (including phenoxy) is 1. The van der Waals surface area contributed by atoms with Gasteiger partial charge in [0, 0.05) is 0 Å². The van der Waals surface area contributed by atoms with Gasteiger partial charge >= 0.3 is 5.97 Å². The fourth-order valence-electron chi connectivity index (χ4n) is 1.81. The minimum absolute atomic E-state index is 0.0463. The quantitative estimate of drug-likeness (QED) is 0.900. The van der Waals surface area contributed by atoms with Crippen LogP contribution in [0.3, 0.4) is 0 Å². The van der Waals surface area contributed by atoms with Crippen LogP contribution >= 0.6 is 15.9 Å². The summed E-state index contributed by atoms with van der Waals surface area (Å²) in [5.41, 5.74) is 2.96. The highest BCUT2D eigenvalue weighted by atomic mass is 79.9. The number of aryl methyl sites for hydroxylation is 1. The van der Waals surface area contributed by atoms with Gasteiger partial charge in [-0.15, -0.1) is 0 Å². The van der Waals surface area contributed by atoms with Gasteiger partial charge in [0.15, 0.2) is 0 Å². The van der Waals surface area contributed by atoms with E-state index in [1.54, 1.807) is 0 Å². The van der Waals surface area contributed by atoms with Crippen molar-refractivity contribution in [3.8, 4) is 5.75 Å². The Labute approximate surface area is 126 Å². The van der Waals surface area contributed by atoms with Crippen LogP contribution in [0.1, 0.15) is 16.7 Å². The summed E-state index contributed by atoms with van der Waals surface area (Å²) < 4.78 is 6.67. The molecular formula is C16H15BrO3. The van der Waals surface area contributed by atoms with Gasteiger partial charge in [-0.3, -0.25) is 4.79 Å². The van der Waals surface area contributed by atoms with Crippen LogP contribution in [0.15, 0.2) is 46.9 Å². The molecule has 2 aromatic carbocycles. The van der Waals surface area contributed by atoms with Crippen LogP contribution in [-0.2, 0) is 17.8 Å². The van der Waals surface area contributed by atoms with Crippen LogP contribution in [0.2, 0.25) is 0 Å². The third-order valence-corrected chi connectivity index (χ3v) is 3.48. The highest BCUT2D eigenvalue weighted by Crippen LogP contribution is 2.26. The molecule has 2 aromatic rings. The maximum absolute atomic E-state index is 10.6. The third-order valence-electron chi connectivity index (χ3n) is 2.86. The smallest absolute Gasteiger partial charge is 0.307 e. The van der Waals surface area contributed by atoms with Crippen LogP contribution in [-0.4, -0.2) is 11.1 Å². The molecule has 0 unspecified atom stereocenters. The van der Waals surface area contributed by atoms with Gasteiger partial charge in [0.1, 0.15) is 12.4 Å². The molecule has 20 heavy (non-hydrogen) atoms. The summed E-state index contributed by atoms with van der Waals surface area (Å²) in [4.78, 5) is 10.6. The molecule has 0 spiro atoms. The van der Waals surface area contributed by atoms with Crippen molar-refractivity contribution < 1.29 is 14.6 Å². The van der Waals surface area contributed by atoms with E-state index in [2.05, 4.69) is 15.9 Å². The number of carboxylic acid groups (broad SMARTS) is 1. The molecule has 1 N–H and O–H groups in total. The predicted molar refractivity (Wildman–Crippen MR) is 81.0 cm³/mol. The van der Waals surface area contributed by atoms with Gasteiger partial charge in [-0.25, -0.2) is 0 Å². The van der Waals surface area contributed by atoms with Gasteiger partial charge < -0.3 is 9.84 Å². The molecule has 0 fully saturated rings. The lowest BCUT2D eigenvalue weighted by atomic mass is 10.1. The number of hydrogen-bond donors (Lipinski definition) is 1. The van der Waals surface area contributed by atoms with Gasteiger partial charge in [0.05, 0.1) is 10.9 Å². The Bertz CT molecular complexity index is 606. The van der Waals surface area contributed by atoms with Crippen molar-refractivity contribution in [3.05, 3.63) is 63.6 Å². The minimum Gasteiger partial charge on any atom is -0.488 e. The lowest BCUT2D eigenvalue weighted by Gasteiger charge is -2.09. The van der Waals surface area contributed by atoms with Crippen LogP contribution in [0.25, 0.3) is 0 Å². The van der Waals surface area contributed by atoms with E-state index in [4.69, 9.17) is 9.84 Å². The number of carbonyl (C=O) groups is 1. The molecule has 0 saturated carbocycles. The third kappa shape index (κ3) is 4.10. The monoisotopic (exact) mass is 334 g/mol. The van der Waals surface area contributed by atoms with Crippen molar-refractivity contribution in [3.63, 3.8) is 0 Å². The SMILES string of the molecule is Cc1ccc(OCc2ccc(CC(=O)O)cc2)c(Br)c1. The Morgan fingerprint density at radius 2 is 1.80 bits per heavy atom. The van der Waals surface area contributed by atoms with Gasteiger partial charge in [-0.05, 0) is 51.7 Å². The number of rotatable bonds is 5. The van der Waals surface area contributed by atoms with E-state index in [9.17, 15) is 4.79 Å². The van der Waals surface area contributed by atoms with Crippen molar-refractivity contribution in [2.45, 2.75) is 20.0 Å². The van der Waals surface area contributed by atoms with Crippen molar-refractivity contribution in [2.75, 3.05) is 0 Å². The first-order valence-electron chi connectivity index (χ1n) is 6.23. The molecule has 0 aliphatic carbocycles. The highest BCUT2D eigenvalue weighted by Gasteiger charge is 2.03. The van der Waals surface area contributed by atoms with E-state index in [0.29, 0.717) is 6.61 Å². The Kier molecular flexibility index (Phi) is 4.79. The molecule has 0 atom stereocenters. The summed E-state index contributed by atoms with van der Waals surface area (Å²) in [7, 11) is 0. The van der Waals surface area contributed by atoms with E-state index in [1.807, 2.05) is 49.4 Å².